The van der Waals surface area contributed by atoms with Crippen LogP contribution in [0, 0.1) is 0 Å². The molecule has 3 heteroatoms. The molecule has 1 saturated heterocycles. The largest absolute Gasteiger partial charge is 0.375 e. The molecule has 1 rings (SSSR count). The van der Waals surface area contributed by atoms with Crippen molar-refractivity contribution in [2.75, 3.05) is 19.8 Å². The van der Waals surface area contributed by atoms with Crippen LogP contribution in [0.2, 0.25) is 0 Å². The van der Waals surface area contributed by atoms with Crippen LogP contribution >= 0.6 is 0 Å². The minimum Gasteiger partial charge on any atom is -0.375 e. The minimum absolute atomic E-state index is 0.197. The normalized spacial score (nSPS) is 28.8. The van der Waals surface area contributed by atoms with Crippen molar-refractivity contribution < 1.29 is 9.47 Å². The molecule has 2 N–H and O–H groups in total. The van der Waals surface area contributed by atoms with Crippen LogP contribution in [0.15, 0.2) is 0 Å². The topological polar surface area (TPSA) is 44.5 Å². The zero-order valence-corrected chi connectivity index (χ0v) is 8.01. The predicted molar refractivity (Wildman–Crippen MR) is 48.1 cm³/mol. The van der Waals surface area contributed by atoms with Gasteiger partial charge in [-0.05, 0) is 26.7 Å². The monoisotopic (exact) mass is 173 g/mol. The quantitative estimate of drug-likeness (QED) is 0.687. The molecule has 2 atom stereocenters. The van der Waals surface area contributed by atoms with Crippen molar-refractivity contribution in [3.8, 4) is 0 Å². The van der Waals surface area contributed by atoms with Crippen molar-refractivity contribution in [2.24, 2.45) is 5.73 Å². The van der Waals surface area contributed by atoms with E-state index in [1.807, 2.05) is 13.8 Å². The lowest BCUT2D eigenvalue weighted by molar-refractivity contribution is -0.109. The van der Waals surface area contributed by atoms with E-state index in [0.717, 1.165) is 19.4 Å². The van der Waals surface area contributed by atoms with Crippen LogP contribution in [0.3, 0.4) is 0 Å². The Kier molecular flexibility index (Phi) is 3.50. The van der Waals surface area contributed by atoms with E-state index in [9.17, 15) is 0 Å². The van der Waals surface area contributed by atoms with Crippen molar-refractivity contribution in [1.29, 1.82) is 0 Å². The summed E-state index contributed by atoms with van der Waals surface area (Å²) in [7, 11) is 0. The van der Waals surface area contributed by atoms with Crippen LogP contribution in [-0.4, -0.2) is 31.5 Å². The zero-order valence-electron chi connectivity index (χ0n) is 8.01. The summed E-state index contributed by atoms with van der Waals surface area (Å²) in [6.07, 6.45) is 2.41. The first-order chi connectivity index (χ1) is 5.73. The molecule has 0 aliphatic carbocycles. The molecule has 1 aliphatic rings. The number of hydrogen-bond acceptors (Lipinski definition) is 3. The molecule has 0 spiro atoms. The summed E-state index contributed by atoms with van der Waals surface area (Å²) in [4.78, 5) is 0. The fourth-order valence-electron chi connectivity index (χ4n) is 1.67. The van der Waals surface area contributed by atoms with Gasteiger partial charge in [-0.1, -0.05) is 0 Å². The molecule has 0 amide bonds. The molecule has 3 nitrogen and oxygen atoms in total. The van der Waals surface area contributed by atoms with Gasteiger partial charge < -0.3 is 15.2 Å². The van der Waals surface area contributed by atoms with Crippen LogP contribution in [0.5, 0.6) is 0 Å². The van der Waals surface area contributed by atoms with E-state index in [1.54, 1.807) is 0 Å². The van der Waals surface area contributed by atoms with Crippen LogP contribution < -0.4 is 5.73 Å². The maximum atomic E-state index is 5.67. The Morgan fingerprint density at radius 2 is 2.42 bits per heavy atom. The predicted octanol–water partition coefficient (Wildman–Crippen LogP) is 0.919. The second kappa shape index (κ2) is 4.21. The Bertz CT molecular complexity index is 134. The van der Waals surface area contributed by atoms with Gasteiger partial charge in [-0.3, -0.25) is 0 Å². The highest BCUT2D eigenvalue weighted by Crippen LogP contribution is 2.26. The Balaban J connectivity index is 2.51. The Morgan fingerprint density at radius 3 is 2.83 bits per heavy atom. The second-order valence-electron chi connectivity index (χ2n) is 3.45. The fraction of sp³-hybridized carbons (Fsp3) is 1.00. The van der Waals surface area contributed by atoms with Gasteiger partial charge in [0, 0.05) is 19.8 Å². The molecular formula is C9H19NO2. The number of nitrogens with two attached hydrogens (primary N) is 1. The van der Waals surface area contributed by atoms with Gasteiger partial charge in [0.2, 0.25) is 0 Å². The third-order valence-electron chi connectivity index (χ3n) is 2.49. The molecule has 0 bridgehead atoms. The van der Waals surface area contributed by atoms with Crippen molar-refractivity contribution >= 4 is 0 Å². The van der Waals surface area contributed by atoms with Gasteiger partial charge in [-0.2, -0.15) is 0 Å². The smallest absolute Gasteiger partial charge is 0.104 e. The lowest BCUT2D eigenvalue weighted by Gasteiger charge is -2.33. The molecule has 1 heterocycles. The van der Waals surface area contributed by atoms with Gasteiger partial charge in [-0.25, -0.2) is 0 Å². The third kappa shape index (κ3) is 1.97. The molecule has 0 saturated carbocycles. The minimum atomic E-state index is -0.273. The first kappa shape index (κ1) is 9.96. The van der Waals surface area contributed by atoms with Crippen LogP contribution in [0.25, 0.3) is 0 Å². The summed E-state index contributed by atoms with van der Waals surface area (Å²) in [5, 5.41) is 0. The summed E-state index contributed by atoms with van der Waals surface area (Å²) in [5.74, 6) is 0. The Labute approximate surface area is 74.2 Å². The van der Waals surface area contributed by atoms with Gasteiger partial charge in [-0.15, -0.1) is 0 Å². The molecular weight excluding hydrogens is 154 g/mol. The third-order valence-corrected chi connectivity index (χ3v) is 2.49. The maximum Gasteiger partial charge on any atom is 0.104 e. The van der Waals surface area contributed by atoms with Crippen LogP contribution in [0.1, 0.15) is 26.7 Å². The average molecular weight is 173 g/mol. The molecule has 1 fully saturated rings. The molecule has 2 unspecified atom stereocenters. The van der Waals surface area contributed by atoms with Crippen molar-refractivity contribution in [1.82, 2.24) is 0 Å². The number of rotatable bonds is 4. The van der Waals surface area contributed by atoms with Gasteiger partial charge in [0.25, 0.3) is 0 Å². The fourth-order valence-corrected chi connectivity index (χ4v) is 1.67. The first-order valence-electron chi connectivity index (χ1n) is 4.68. The maximum absolute atomic E-state index is 5.67. The van der Waals surface area contributed by atoms with Crippen molar-refractivity contribution in [2.45, 2.75) is 38.4 Å². The second-order valence-corrected chi connectivity index (χ2v) is 3.45. The van der Waals surface area contributed by atoms with E-state index in [-0.39, 0.29) is 11.7 Å². The van der Waals surface area contributed by atoms with Gasteiger partial charge >= 0.3 is 0 Å². The summed E-state index contributed by atoms with van der Waals surface area (Å²) in [5.41, 5.74) is 5.40. The van der Waals surface area contributed by atoms with Gasteiger partial charge in [0.05, 0.1) is 6.10 Å². The Morgan fingerprint density at radius 1 is 1.67 bits per heavy atom. The lowest BCUT2D eigenvalue weighted by Crippen LogP contribution is -2.48. The molecule has 0 aromatic rings. The molecule has 0 radical (unpaired) electrons. The lowest BCUT2D eigenvalue weighted by atomic mass is 9.96. The van der Waals surface area contributed by atoms with Gasteiger partial charge in [0.1, 0.15) is 5.60 Å². The standard InChI is InChI=1S/C9H19NO2/c1-3-12-9(2,7-10)8-5-4-6-11-8/h8H,3-7,10H2,1-2H3. The van der Waals surface area contributed by atoms with E-state index in [1.165, 1.54) is 0 Å². The average Bonchev–Trinajstić information content (AvgIpc) is 2.57. The molecule has 0 aromatic carbocycles. The summed E-state index contributed by atoms with van der Waals surface area (Å²) >= 11 is 0. The molecule has 12 heavy (non-hydrogen) atoms. The van der Waals surface area contributed by atoms with Crippen molar-refractivity contribution in [3.63, 3.8) is 0 Å². The number of ether oxygens (including phenoxy) is 2. The summed E-state index contributed by atoms with van der Waals surface area (Å²) < 4.78 is 11.2. The van der Waals surface area contributed by atoms with E-state index < -0.39 is 0 Å². The van der Waals surface area contributed by atoms with Crippen LogP contribution in [0.4, 0.5) is 0 Å². The van der Waals surface area contributed by atoms with Gasteiger partial charge in [0.15, 0.2) is 0 Å². The van der Waals surface area contributed by atoms with Crippen LogP contribution in [-0.2, 0) is 9.47 Å². The first-order valence-corrected chi connectivity index (χ1v) is 4.68. The highest BCUT2D eigenvalue weighted by atomic mass is 16.6. The molecule has 72 valence electrons. The number of hydrogen-bond donors (Lipinski definition) is 1. The summed E-state index contributed by atoms with van der Waals surface area (Å²) in [6, 6.07) is 0. The van der Waals surface area contributed by atoms with E-state index >= 15 is 0 Å². The Hall–Kier alpha value is -0.120. The van der Waals surface area contributed by atoms with E-state index in [0.29, 0.717) is 13.2 Å². The van der Waals surface area contributed by atoms with E-state index in [2.05, 4.69) is 0 Å². The zero-order chi connectivity index (χ0) is 9.03. The van der Waals surface area contributed by atoms with E-state index in [4.69, 9.17) is 15.2 Å². The molecule has 1 aliphatic heterocycles. The highest BCUT2D eigenvalue weighted by Gasteiger charge is 2.36. The molecule has 0 aromatic heterocycles. The highest BCUT2D eigenvalue weighted by molar-refractivity contribution is 4.88. The van der Waals surface area contributed by atoms with Crippen molar-refractivity contribution in [3.05, 3.63) is 0 Å². The summed E-state index contributed by atoms with van der Waals surface area (Å²) in [6.45, 7) is 6.11. The SMILES string of the molecule is CCOC(C)(CN)C1CCCO1.